The number of carbonyl (C=O) groups is 3. The van der Waals surface area contributed by atoms with Crippen LogP contribution in [0.3, 0.4) is 0 Å². The highest BCUT2D eigenvalue weighted by molar-refractivity contribution is 14.1. The van der Waals surface area contributed by atoms with E-state index >= 15 is 0 Å². The number of halogens is 1. The van der Waals surface area contributed by atoms with Crippen molar-refractivity contribution in [3.63, 3.8) is 0 Å². The van der Waals surface area contributed by atoms with Crippen molar-refractivity contribution in [2.75, 3.05) is 20.2 Å². The number of nitrogens with one attached hydrogen (secondary N) is 1. The lowest BCUT2D eigenvalue weighted by atomic mass is 9.90. The number of fused-ring (bicyclic) bond motifs is 1. The summed E-state index contributed by atoms with van der Waals surface area (Å²) < 4.78 is 20.5. The average molecular weight is 701 g/mol. The van der Waals surface area contributed by atoms with E-state index in [9.17, 15) is 19.5 Å². The molecule has 0 spiro atoms. The van der Waals surface area contributed by atoms with Crippen molar-refractivity contribution in [1.82, 2.24) is 10.2 Å². The Morgan fingerprint density at radius 2 is 1.72 bits per heavy atom. The summed E-state index contributed by atoms with van der Waals surface area (Å²) in [7, 11) is 1.61. The van der Waals surface area contributed by atoms with E-state index in [0.717, 1.165) is 34.8 Å². The van der Waals surface area contributed by atoms with Gasteiger partial charge in [-0.2, -0.15) is 0 Å². The van der Waals surface area contributed by atoms with E-state index in [0.29, 0.717) is 29.4 Å². The minimum atomic E-state index is -0.814. The molecule has 0 aromatic heterocycles. The molecule has 0 unspecified atom stereocenters. The third kappa shape index (κ3) is 6.52. The maximum Gasteiger partial charge on any atom is 0.338 e. The second-order valence-corrected chi connectivity index (χ2v) is 13.2. The molecule has 1 aliphatic heterocycles. The van der Waals surface area contributed by atoms with Crippen molar-refractivity contribution in [2.45, 2.75) is 68.7 Å². The molecular weight excluding hydrogens is 663 g/mol. The van der Waals surface area contributed by atoms with Gasteiger partial charge in [0.25, 0.3) is 0 Å². The van der Waals surface area contributed by atoms with Crippen molar-refractivity contribution < 1.29 is 33.7 Å². The largest absolute Gasteiger partial charge is 0.456 e. The number of rotatable bonds is 11. The van der Waals surface area contributed by atoms with Gasteiger partial charge < -0.3 is 29.5 Å². The smallest absolute Gasteiger partial charge is 0.338 e. The zero-order valence-electron chi connectivity index (χ0n) is 24.1. The molecule has 2 aromatic carbocycles. The molecule has 228 valence electrons. The Bertz CT molecular complexity index is 1360. The highest BCUT2D eigenvalue weighted by Crippen LogP contribution is 2.59. The lowest BCUT2D eigenvalue weighted by molar-refractivity contribution is -0.209. The fourth-order valence-corrected chi connectivity index (χ4v) is 6.62. The number of hydrogen-bond acceptors (Lipinski definition) is 7. The SMILES string of the molecule is CN(C(=O)C1=C[C@H]2OC(C3CC3)(C3CC3)O[C@H]2[C@H](OC(=O)c2ccc(I)cc2)C1)[C@H](Cc1ccccc1)C(=O)NCCO. The Labute approximate surface area is 265 Å². The highest BCUT2D eigenvalue weighted by Gasteiger charge is 2.64. The van der Waals surface area contributed by atoms with E-state index in [1.165, 1.54) is 4.90 Å². The highest BCUT2D eigenvalue weighted by atomic mass is 127. The molecule has 10 heteroatoms. The van der Waals surface area contributed by atoms with E-state index in [1.807, 2.05) is 48.5 Å². The number of likely N-dealkylation sites (N-methyl/N-ethyl adjacent to an activating group) is 1. The average Bonchev–Trinajstić information content (AvgIpc) is 3.96. The Morgan fingerprint density at radius 1 is 1.05 bits per heavy atom. The monoisotopic (exact) mass is 700 g/mol. The number of benzene rings is 2. The van der Waals surface area contributed by atoms with Crippen LogP contribution in [0.2, 0.25) is 0 Å². The number of esters is 1. The van der Waals surface area contributed by atoms with Crippen LogP contribution in [0.1, 0.15) is 48.0 Å². The third-order valence-electron chi connectivity index (χ3n) is 8.80. The molecule has 2 saturated carbocycles. The van der Waals surface area contributed by atoms with Gasteiger partial charge in [-0.25, -0.2) is 4.79 Å². The summed E-state index contributed by atoms with van der Waals surface area (Å²) >= 11 is 2.18. The minimum absolute atomic E-state index is 0.0881. The molecule has 2 aromatic rings. The molecule has 4 aliphatic rings. The number of amides is 2. The fraction of sp³-hybridized carbons (Fsp3) is 0.485. The first-order valence-electron chi connectivity index (χ1n) is 15.0. The number of aliphatic hydroxyl groups is 1. The van der Waals surface area contributed by atoms with Gasteiger partial charge in [-0.3, -0.25) is 9.59 Å². The molecule has 1 heterocycles. The van der Waals surface area contributed by atoms with Crippen molar-refractivity contribution in [2.24, 2.45) is 11.8 Å². The normalized spacial score (nSPS) is 24.8. The van der Waals surface area contributed by atoms with Crippen LogP contribution in [-0.4, -0.2) is 78.1 Å². The number of aliphatic hydroxyl groups excluding tert-OH is 1. The van der Waals surface area contributed by atoms with Crippen molar-refractivity contribution in [3.8, 4) is 0 Å². The fourth-order valence-electron chi connectivity index (χ4n) is 6.26. The Kier molecular flexibility index (Phi) is 8.91. The summed E-state index contributed by atoms with van der Waals surface area (Å²) in [5, 5.41) is 12.0. The number of hydrogen-bond donors (Lipinski definition) is 2. The molecule has 43 heavy (non-hydrogen) atoms. The first-order valence-corrected chi connectivity index (χ1v) is 16.1. The first-order chi connectivity index (χ1) is 20.8. The lowest BCUT2D eigenvalue weighted by Crippen LogP contribution is -2.51. The van der Waals surface area contributed by atoms with E-state index < -0.39 is 36.1 Å². The Hall–Kier alpha value is -2.80. The number of ether oxygens (including phenoxy) is 3. The van der Waals surface area contributed by atoms with E-state index in [4.69, 9.17) is 14.2 Å². The van der Waals surface area contributed by atoms with Gasteiger partial charge in [-0.05, 0) is 84.2 Å². The molecule has 6 rings (SSSR count). The van der Waals surface area contributed by atoms with Gasteiger partial charge in [0.1, 0.15) is 24.4 Å². The van der Waals surface area contributed by atoms with Crippen LogP contribution in [0.4, 0.5) is 0 Å². The van der Waals surface area contributed by atoms with E-state index in [1.54, 1.807) is 19.2 Å². The van der Waals surface area contributed by atoms with Crippen molar-refractivity contribution >= 4 is 40.4 Å². The summed E-state index contributed by atoms with van der Waals surface area (Å²) in [6.07, 6.45) is 4.59. The van der Waals surface area contributed by atoms with E-state index in [-0.39, 0.29) is 31.4 Å². The van der Waals surface area contributed by atoms with Gasteiger partial charge in [-0.1, -0.05) is 30.3 Å². The summed E-state index contributed by atoms with van der Waals surface area (Å²) in [6.45, 7) is -0.116. The van der Waals surface area contributed by atoms with Crippen LogP contribution in [0.25, 0.3) is 0 Å². The molecule has 2 amide bonds. The summed E-state index contributed by atoms with van der Waals surface area (Å²) in [5.74, 6) is -1.27. The molecule has 3 fully saturated rings. The molecule has 2 N–H and O–H groups in total. The van der Waals surface area contributed by atoms with Crippen LogP contribution >= 0.6 is 22.6 Å². The standard InChI is InChI=1S/C33H37IN2O7/c1-36(26(30(38)35-15-16-37)17-20-5-3-2-4-6-20)31(39)22-18-27(41-32(40)21-7-13-25(34)14-8-21)29-28(19-22)42-33(43-29,23-9-10-23)24-11-12-24/h2-8,13-14,19,23-24,26-29,37H,9-12,15-18H2,1H3,(H,35,38)/t26-,27-,28-,29+/m1/s1. The molecular formula is C33H37IN2O7. The molecule has 1 saturated heterocycles. The lowest BCUT2D eigenvalue weighted by Gasteiger charge is -2.33. The maximum absolute atomic E-state index is 14.1. The van der Waals surface area contributed by atoms with Gasteiger partial charge >= 0.3 is 5.97 Å². The quantitative estimate of drug-likeness (QED) is 0.272. The summed E-state index contributed by atoms with van der Waals surface area (Å²) in [4.78, 5) is 42.0. The first kappa shape index (κ1) is 30.2. The summed E-state index contributed by atoms with van der Waals surface area (Å²) in [6, 6.07) is 15.8. The van der Waals surface area contributed by atoms with Crippen LogP contribution in [0.15, 0.2) is 66.2 Å². The molecule has 4 atom stereocenters. The Morgan fingerprint density at radius 3 is 2.35 bits per heavy atom. The topological polar surface area (TPSA) is 114 Å². The van der Waals surface area contributed by atoms with Crippen LogP contribution in [-0.2, 0) is 30.2 Å². The predicted octanol–water partition coefficient (Wildman–Crippen LogP) is 3.63. The van der Waals surface area contributed by atoms with Crippen LogP contribution in [0, 0.1) is 15.4 Å². The van der Waals surface area contributed by atoms with Gasteiger partial charge in [0, 0.05) is 47.4 Å². The molecule has 0 bridgehead atoms. The summed E-state index contributed by atoms with van der Waals surface area (Å²) in [5.41, 5.74) is 1.75. The molecule has 9 nitrogen and oxygen atoms in total. The predicted molar refractivity (Wildman–Crippen MR) is 166 cm³/mol. The molecule has 0 radical (unpaired) electrons. The second-order valence-electron chi connectivity index (χ2n) is 11.9. The zero-order chi connectivity index (χ0) is 30.1. The number of nitrogens with zero attached hydrogens (tertiary/aromatic N) is 1. The van der Waals surface area contributed by atoms with Gasteiger partial charge in [0.15, 0.2) is 5.79 Å². The zero-order valence-corrected chi connectivity index (χ0v) is 26.3. The Balaban J connectivity index is 1.27. The van der Waals surface area contributed by atoms with Crippen LogP contribution in [0.5, 0.6) is 0 Å². The molecule has 3 aliphatic carbocycles. The van der Waals surface area contributed by atoms with Gasteiger partial charge in [-0.15, -0.1) is 0 Å². The van der Waals surface area contributed by atoms with E-state index in [2.05, 4.69) is 27.9 Å². The second kappa shape index (κ2) is 12.7. The van der Waals surface area contributed by atoms with Crippen molar-refractivity contribution in [1.29, 1.82) is 0 Å². The number of carbonyl (C=O) groups excluding carboxylic acids is 3. The van der Waals surface area contributed by atoms with Gasteiger partial charge in [0.05, 0.1) is 12.2 Å². The maximum atomic E-state index is 14.1. The minimum Gasteiger partial charge on any atom is -0.456 e. The van der Waals surface area contributed by atoms with Crippen LogP contribution < -0.4 is 5.32 Å². The third-order valence-corrected chi connectivity index (χ3v) is 9.52. The van der Waals surface area contributed by atoms with Crippen molar-refractivity contribution in [3.05, 3.63) is 80.9 Å². The van der Waals surface area contributed by atoms with Gasteiger partial charge in [0.2, 0.25) is 11.8 Å².